The fraction of sp³-hybridized carbons (Fsp3) is 0.750. The Balaban J connectivity index is 0.000000370. The summed E-state index contributed by atoms with van der Waals surface area (Å²) >= 11 is 1.93. The number of ether oxygens (including phenoxy) is 2. The molecule has 1 unspecified atom stereocenters. The number of carboxylic acids is 1. The highest BCUT2D eigenvalue weighted by Crippen LogP contribution is 2.42. The molecule has 1 aromatic heterocycles. The summed E-state index contributed by atoms with van der Waals surface area (Å²) in [5, 5.41) is 7.12. The number of aliphatic carboxylic acids is 1. The summed E-state index contributed by atoms with van der Waals surface area (Å²) in [5.41, 5.74) is 0.152. The van der Waals surface area contributed by atoms with E-state index in [0.717, 1.165) is 32.8 Å². The predicted molar refractivity (Wildman–Crippen MR) is 105 cm³/mol. The summed E-state index contributed by atoms with van der Waals surface area (Å²) in [5.74, 6) is -2.06. The van der Waals surface area contributed by atoms with Crippen molar-refractivity contribution < 1.29 is 32.5 Å². The summed E-state index contributed by atoms with van der Waals surface area (Å²) in [7, 11) is 0. The van der Waals surface area contributed by atoms with Crippen molar-refractivity contribution in [1.82, 2.24) is 4.90 Å². The summed E-state index contributed by atoms with van der Waals surface area (Å²) in [6.07, 6.45) is -0.322. The van der Waals surface area contributed by atoms with Gasteiger partial charge in [-0.05, 0) is 57.6 Å². The van der Waals surface area contributed by atoms with E-state index in [1.165, 1.54) is 42.1 Å². The smallest absolute Gasteiger partial charge is 0.475 e. The van der Waals surface area contributed by atoms with Gasteiger partial charge in [-0.3, -0.25) is 4.90 Å². The number of aryl methyl sites for hydroxylation is 1. The van der Waals surface area contributed by atoms with Gasteiger partial charge in [-0.25, -0.2) is 4.79 Å². The van der Waals surface area contributed by atoms with Gasteiger partial charge < -0.3 is 14.6 Å². The topological polar surface area (TPSA) is 59.0 Å². The molecule has 166 valence electrons. The molecule has 29 heavy (non-hydrogen) atoms. The maximum atomic E-state index is 10.6. The molecule has 3 heterocycles. The number of carboxylic acid groups (broad SMARTS) is 1. The molecule has 1 N–H and O–H groups in total. The molecule has 0 radical (unpaired) electrons. The van der Waals surface area contributed by atoms with E-state index in [0.29, 0.717) is 5.92 Å². The molecule has 2 aliphatic heterocycles. The average molecular weight is 438 g/mol. The molecule has 1 aromatic rings. The molecule has 5 nitrogen and oxygen atoms in total. The number of rotatable bonds is 6. The fourth-order valence-corrected chi connectivity index (χ4v) is 4.93. The summed E-state index contributed by atoms with van der Waals surface area (Å²) in [6.45, 7) is 10.4. The van der Waals surface area contributed by atoms with Crippen molar-refractivity contribution in [3.63, 3.8) is 0 Å². The Bertz CT molecular complexity index is 642. The highest BCUT2D eigenvalue weighted by atomic mass is 32.1. The minimum Gasteiger partial charge on any atom is -0.475 e. The van der Waals surface area contributed by atoms with Crippen LogP contribution in [-0.4, -0.2) is 60.7 Å². The van der Waals surface area contributed by atoms with Gasteiger partial charge in [0.25, 0.3) is 0 Å². The van der Waals surface area contributed by atoms with Crippen LogP contribution in [0.2, 0.25) is 0 Å². The van der Waals surface area contributed by atoms with Crippen molar-refractivity contribution in [1.29, 1.82) is 0 Å². The highest BCUT2D eigenvalue weighted by Gasteiger charge is 2.45. The lowest BCUT2D eigenvalue weighted by molar-refractivity contribution is -0.192. The third-order valence-electron chi connectivity index (χ3n) is 5.53. The third-order valence-corrected chi connectivity index (χ3v) is 6.52. The normalized spacial score (nSPS) is 21.8. The van der Waals surface area contributed by atoms with Crippen LogP contribution >= 0.6 is 11.3 Å². The Morgan fingerprint density at radius 3 is 2.55 bits per heavy atom. The van der Waals surface area contributed by atoms with Crippen LogP contribution in [0.5, 0.6) is 0 Å². The maximum Gasteiger partial charge on any atom is 0.490 e. The Morgan fingerprint density at radius 2 is 2.03 bits per heavy atom. The molecule has 0 amide bonds. The standard InChI is InChI=1S/C18H29NO2S.C2HF3O2/c1-3-20-12-6-16-7-13-21-18(16)8-10-19(11-9-18)14-17-5-4-15(2)22-17;3-2(4,5)1(6)7/h4-5,16H,3,6-14H2,1-2H3;(H,6,7). The van der Waals surface area contributed by atoms with Gasteiger partial charge in [0.05, 0.1) is 5.60 Å². The number of piperidine rings is 1. The summed E-state index contributed by atoms with van der Waals surface area (Å²) in [4.78, 5) is 14.4. The minimum absolute atomic E-state index is 0.152. The molecule has 0 aliphatic carbocycles. The van der Waals surface area contributed by atoms with Crippen molar-refractivity contribution in [2.24, 2.45) is 5.92 Å². The first-order valence-electron chi connectivity index (χ1n) is 9.96. The lowest BCUT2D eigenvalue weighted by atomic mass is 9.78. The molecular formula is C20H30F3NO4S. The molecule has 1 atom stereocenters. The van der Waals surface area contributed by atoms with Gasteiger partial charge in [0, 0.05) is 49.2 Å². The van der Waals surface area contributed by atoms with Gasteiger partial charge in [-0.2, -0.15) is 13.2 Å². The third kappa shape index (κ3) is 7.24. The molecule has 0 aromatic carbocycles. The predicted octanol–water partition coefficient (Wildman–Crippen LogP) is 4.49. The number of halogens is 3. The van der Waals surface area contributed by atoms with E-state index in [9.17, 15) is 13.2 Å². The first-order chi connectivity index (χ1) is 13.7. The van der Waals surface area contributed by atoms with Crippen LogP contribution in [0.25, 0.3) is 0 Å². The SMILES string of the molecule is CCOCCC1CCOC12CCN(Cc1ccc(C)s1)CC2.O=C(O)C(F)(F)F. The monoisotopic (exact) mass is 437 g/mol. The van der Waals surface area contributed by atoms with Gasteiger partial charge in [0.1, 0.15) is 0 Å². The van der Waals surface area contributed by atoms with Gasteiger partial charge in [0.2, 0.25) is 0 Å². The zero-order valence-corrected chi connectivity index (χ0v) is 17.8. The van der Waals surface area contributed by atoms with Crippen molar-refractivity contribution in [3.8, 4) is 0 Å². The first-order valence-corrected chi connectivity index (χ1v) is 10.8. The van der Waals surface area contributed by atoms with E-state index in [1.807, 2.05) is 11.3 Å². The summed E-state index contributed by atoms with van der Waals surface area (Å²) < 4.78 is 43.6. The van der Waals surface area contributed by atoms with E-state index in [1.54, 1.807) is 0 Å². The molecule has 0 saturated carbocycles. The van der Waals surface area contributed by atoms with Gasteiger partial charge in [-0.15, -0.1) is 11.3 Å². The quantitative estimate of drug-likeness (QED) is 0.665. The number of alkyl halides is 3. The lowest BCUT2D eigenvalue weighted by Crippen LogP contribution is -2.47. The van der Waals surface area contributed by atoms with Crippen molar-refractivity contribution in [2.45, 2.75) is 57.9 Å². The Labute approximate surface area is 173 Å². The number of nitrogens with zero attached hydrogens (tertiary/aromatic N) is 1. The second-order valence-electron chi connectivity index (χ2n) is 7.48. The number of thiophene rings is 1. The van der Waals surface area contributed by atoms with Crippen LogP contribution in [0, 0.1) is 12.8 Å². The molecule has 2 saturated heterocycles. The van der Waals surface area contributed by atoms with Crippen molar-refractivity contribution >= 4 is 17.3 Å². The van der Waals surface area contributed by atoms with Crippen LogP contribution in [0.1, 0.15) is 42.4 Å². The summed E-state index contributed by atoms with van der Waals surface area (Å²) in [6, 6.07) is 4.51. The molecular weight excluding hydrogens is 407 g/mol. The second kappa shape index (κ2) is 10.7. The molecule has 3 rings (SSSR count). The van der Waals surface area contributed by atoms with Crippen LogP contribution in [0.4, 0.5) is 13.2 Å². The Morgan fingerprint density at radius 1 is 1.38 bits per heavy atom. The van der Waals surface area contributed by atoms with Gasteiger partial charge >= 0.3 is 12.1 Å². The van der Waals surface area contributed by atoms with Crippen LogP contribution in [0.15, 0.2) is 12.1 Å². The van der Waals surface area contributed by atoms with Crippen LogP contribution < -0.4 is 0 Å². The highest BCUT2D eigenvalue weighted by molar-refractivity contribution is 7.11. The van der Waals surface area contributed by atoms with E-state index in [-0.39, 0.29) is 5.60 Å². The number of likely N-dealkylation sites (tertiary alicyclic amines) is 1. The van der Waals surface area contributed by atoms with E-state index in [2.05, 4.69) is 30.9 Å². The van der Waals surface area contributed by atoms with E-state index >= 15 is 0 Å². The maximum absolute atomic E-state index is 10.6. The zero-order valence-electron chi connectivity index (χ0n) is 17.0. The van der Waals surface area contributed by atoms with Crippen molar-refractivity contribution in [2.75, 3.05) is 32.9 Å². The molecule has 1 spiro atoms. The Hall–Kier alpha value is -1.16. The van der Waals surface area contributed by atoms with E-state index in [4.69, 9.17) is 19.4 Å². The number of hydrogen-bond donors (Lipinski definition) is 1. The van der Waals surface area contributed by atoms with Crippen LogP contribution in [-0.2, 0) is 20.8 Å². The largest absolute Gasteiger partial charge is 0.490 e. The first kappa shape index (κ1) is 24.1. The lowest BCUT2D eigenvalue weighted by Gasteiger charge is -2.42. The molecule has 9 heteroatoms. The number of carbonyl (C=O) groups is 1. The zero-order chi connectivity index (χ0) is 21.5. The van der Waals surface area contributed by atoms with Crippen molar-refractivity contribution in [3.05, 3.63) is 21.9 Å². The fourth-order valence-electron chi connectivity index (χ4n) is 4.00. The van der Waals surface area contributed by atoms with Gasteiger partial charge in [0.15, 0.2) is 0 Å². The second-order valence-corrected chi connectivity index (χ2v) is 8.85. The molecule has 0 bridgehead atoms. The average Bonchev–Trinajstić information content (AvgIpc) is 3.24. The van der Waals surface area contributed by atoms with Crippen LogP contribution in [0.3, 0.4) is 0 Å². The number of hydrogen-bond acceptors (Lipinski definition) is 5. The Kier molecular flexibility index (Phi) is 8.93. The van der Waals surface area contributed by atoms with E-state index < -0.39 is 12.1 Å². The minimum atomic E-state index is -5.08. The molecule has 2 fully saturated rings. The molecule has 2 aliphatic rings. The van der Waals surface area contributed by atoms with Gasteiger partial charge in [-0.1, -0.05) is 0 Å².